The van der Waals surface area contributed by atoms with Gasteiger partial charge in [-0.25, -0.2) is 4.98 Å². The van der Waals surface area contributed by atoms with E-state index in [1.165, 1.54) is 12.3 Å². The summed E-state index contributed by atoms with van der Waals surface area (Å²) in [6.45, 7) is 3.51. The van der Waals surface area contributed by atoms with Crippen LogP contribution in [0, 0.1) is 16.1 Å². The van der Waals surface area contributed by atoms with Crippen molar-refractivity contribution < 1.29 is 14.1 Å². The second-order valence-electron chi connectivity index (χ2n) is 4.07. The highest BCUT2D eigenvalue weighted by Gasteiger charge is 2.28. The Bertz CT molecular complexity index is 455. The van der Waals surface area contributed by atoms with Gasteiger partial charge in [-0.3, -0.25) is 10.1 Å². The first kappa shape index (κ1) is 12.7. The molecule has 0 aromatic carbocycles. The van der Waals surface area contributed by atoms with Crippen LogP contribution >= 0.6 is 0 Å². The van der Waals surface area contributed by atoms with E-state index < -0.39 is 16.6 Å². The third-order valence-corrected chi connectivity index (χ3v) is 2.98. The highest BCUT2D eigenvalue weighted by Crippen LogP contribution is 2.30. The van der Waals surface area contributed by atoms with Gasteiger partial charge in [-0.05, 0) is 12.5 Å². The van der Waals surface area contributed by atoms with Crippen molar-refractivity contribution in [3.8, 4) is 0 Å². The van der Waals surface area contributed by atoms with Gasteiger partial charge in [-0.15, -0.1) is 0 Å². The van der Waals surface area contributed by atoms with Crippen LogP contribution in [0.25, 0.3) is 0 Å². The fourth-order valence-electron chi connectivity index (χ4n) is 2.03. The first-order valence-electron chi connectivity index (χ1n) is 5.79. The molecule has 1 saturated heterocycles. The van der Waals surface area contributed by atoms with Crippen molar-refractivity contribution in [3.63, 3.8) is 0 Å². The number of rotatable bonds is 3. The number of nitro groups is 1. The van der Waals surface area contributed by atoms with Gasteiger partial charge in [0.25, 0.3) is 5.95 Å². The van der Waals surface area contributed by atoms with E-state index in [-0.39, 0.29) is 11.8 Å². The van der Waals surface area contributed by atoms with Crippen molar-refractivity contribution in [1.29, 1.82) is 0 Å². The van der Waals surface area contributed by atoms with Crippen LogP contribution < -0.4 is 4.90 Å². The molecule has 1 unspecified atom stereocenters. The Balaban J connectivity index is 2.32. The van der Waals surface area contributed by atoms with E-state index in [1.807, 2.05) is 6.92 Å². The smallest absolute Gasteiger partial charge is 0.347 e. The molecule has 0 N–H and O–H groups in total. The lowest BCUT2D eigenvalue weighted by molar-refractivity contribution is -0.387. The quantitative estimate of drug-likeness (QED) is 0.467. The molecule has 2 heterocycles. The average Bonchev–Trinajstić information content (AvgIpc) is 2.38. The summed E-state index contributed by atoms with van der Waals surface area (Å²) in [5.74, 6) is -1.04. The maximum atomic E-state index is 13.4. The van der Waals surface area contributed by atoms with E-state index in [0.717, 1.165) is 6.42 Å². The van der Waals surface area contributed by atoms with E-state index in [0.29, 0.717) is 19.7 Å². The van der Waals surface area contributed by atoms with Crippen LogP contribution in [0.1, 0.15) is 13.3 Å². The van der Waals surface area contributed by atoms with Crippen LogP contribution in [-0.2, 0) is 4.74 Å². The van der Waals surface area contributed by atoms with Gasteiger partial charge in [-0.1, -0.05) is 6.92 Å². The number of hydrogen-bond donors (Lipinski definition) is 0. The number of aromatic nitrogens is 1. The van der Waals surface area contributed by atoms with Crippen LogP contribution in [-0.4, -0.2) is 35.7 Å². The second-order valence-corrected chi connectivity index (χ2v) is 4.07. The summed E-state index contributed by atoms with van der Waals surface area (Å²) in [5.41, 5.74) is -0.288. The summed E-state index contributed by atoms with van der Waals surface area (Å²) in [6.07, 6.45) is 2.08. The summed E-state index contributed by atoms with van der Waals surface area (Å²) in [4.78, 5) is 15.3. The maximum absolute atomic E-state index is 13.4. The lowest BCUT2D eigenvalue weighted by Gasteiger charge is -2.33. The van der Waals surface area contributed by atoms with Gasteiger partial charge in [0.1, 0.15) is 5.69 Å². The molecule has 1 atom stereocenters. The second kappa shape index (κ2) is 5.26. The molecule has 0 amide bonds. The molecule has 2 rings (SSSR count). The molecule has 7 heteroatoms. The highest BCUT2D eigenvalue weighted by atomic mass is 19.1. The topological polar surface area (TPSA) is 68.5 Å². The number of hydrogen-bond acceptors (Lipinski definition) is 5. The minimum absolute atomic E-state index is 0.0228. The summed E-state index contributed by atoms with van der Waals surface area (Å²) < 4.78 is 18.9. The molecule has 1 aromatic heterocycles. The highest BCUT2D eigenvalue weighted by molar-refractivity contribution is 5.62. The molecule has 18 heavy (non-hydrogen) atoms. The zero-order valence-electron chi connectivity index (χ0n) is 10.0. The third kappa shape index (κ3) is 2.40. The largest absolute Gasteiger partial charge is 0.375 e. The standard InChI is InChI=1S/C11H14FN3O3/c1-2-8-7-14(5-6-18-8)9-3-4-13-11(12)10(9)15(16)17/h3-4,8H,2,5-7H2,1H3. The van der Waals surface area contributed by atoms with Gasteiger partial charge < -0.3 is 9.64 Å². The molecular weight excluding hydrogens is 241 g/mol. The van der Waals surface area contributed by atoms with Crippen LogP contribution in [0.4, 0.5) is 15.8 Å². The SMILES string of the molecule is CCC1CN(c2ccnc(F)c2[N+](=O)[O-])CCO1. The lowest BCUT2D eigenvalue weighted by Crippen LogP contribution is -2.42. The fraction of sp³-hybridized carbons (Fsp3) is 0.545. The summed E-state index contributed by atoms with van der Waals surface area (Å²) in [7, 11) is 0. The zero-order chi connectivity index (χ0) is 13.1. The van der Waals surface area contributed by atoms with E-state index in [1.54, 1.807) is 4.90 Å². The molecule has 1 fully saturated rings. The molecule has 1 aromatic rings. The van der Waals surface area contributed by atoms with Gasteiger partial charge in [0.15, 0.2) is 0 Å². The normalized spacial score (nSPS) is 19.9. The average molecular weight is 255 g/mol. The number of halogens is 1. The number of ether oxygens (including phenoxy) is 1. The van der Waals surface area contributed by atoms with Crippen LogP contribution in [0.5, 0.6) is 0 Å². The molecule has 0 radical (unpaired) electrons. The maximum Gasteiger partial charge on any atom is 0.347 e. The Labute approximate surface area is 104 Å². The lowest BCUT2D eigenvalue weighted by atomic mass is 10.2. The molecule has 98 valence electrons. The Kier molecular flexibility index (Phi) is 3.71. The fourth-order valence-corrected chi connectivity index (χ4v) is 2.03. The minimum Gasteiger partial charge on any atom is -0.375 e. The molecular formula is C11H14FN3O3. The third-order valence-electron chi connectivity index (χ3n) is 2.98. The van der Waals surface area contributed by atoms with E-state index in [4.69, 9.17) is 4.74 Å². The van der Waals surface area contributed by atoms with Crippen molar-refractivity contribution in [2.24, 2.45) is 0 Å². The van der Waals surface area contributed by atoms with E-state index in [2.05, 4.69) is 4.98 Å². The van der Waals surface area contributed by atoms with Crippen molar-refractivity contribution in [2.45, 2.75) is 19.4 Å². The number of anilines is 1. The predicted molar refractivity (Wildman–Crippen MR) is 63.1 cm³/mol. The molecule has 0 bridgehead atoms. The molecule has 0 saturated carbocycles. The van der Waals surface area contributed by atoms with Crippen LogP contribution in [0.15, 0.2) is 12.3 Å². The van der Waals surface area contributed by atoms with Gasteiger partial charge >= 0.3 is 5.69 Å². The van der Waals surface area contributed by atoms with Crippen molar-refractivity contribution in [3.05, 3.63) is 28.3 Å². The summed E-state index contributed by atoms with van der Waals surface area (Å²) in [6, 6.07) is 1.47. The van der Waals surface area contributed by atoms with E-state index >= 15 is 0 Å². The monoisotopic (exact) mass is 255 g/mol. The van der Waals surface area contributed by atoms with Crippen LogP contribution in [0.2, 0.25) is 0 Å². The van der Waals surface area contributed by atoms with Gasteiger partial charge in [-0.2, -0.15) is 4.39 Å². The van der Waals surface area contributed by atoms with Crippen molar-refractivity contribution >= 4 is 11.4 Å². The molecule has 1 aliphatic heterocycles. The Morgan fingerprint density at radius 1 is 1.72 bits per heavy atom. The molecule has 0 aliphatic carbocycles. The Morgan fingerprint density at radius 3 is 3.17 bits per heavy atom. The first-order chi connectivity index (χ1) is 8.63. The number of nitrogens with zero attached hydrogens (tertiary/aromatic N) is 3. The summed E-state index contributed by atoms with van der Waals surface area (Å²) >= 11 is 0. The van der Waals surface area contributed by atoms with Gasteiger partial charge in [0.05, 0.1) is 17.6 Å². The van der Waals surface area contributed by atoms with Gasteiger partial charge in [0.2, 0.25) is 0 Å². The summed E-state index contributed by atoms with van der Waals surface area (Å²) in [5, 5.41) is 10.9. The molecule has 1 aliphatic rings. The van der Waals surface area contributed by atoms with Crippen molar-refractivity contribution in [1.82, 2.24) is 4.98 Å². The number of pyridine rings is 1. The van der Waals surface area contributed by atoms with Crippen molar-refractivity contribution in [2.75, 3.05) is 24.6 Å². The molecule has 6 nitrogen and oxygen atoms in total. The van der Waals surface area contributed by atoms with Gasteiger partial charge in [0, 0.05) is 19.3 Å². The minimum atomic E-state index is -1.04. The van der Waals surface area contributed by atoms with E-state index in [9.17, 15) is 14.5 Å². The predicted octanol–water partition coefficient (Wildman–Crippen LogP) is 1.74. The number of morpholine rings is 1. The molecule has 0 spiro atoms. The Morgan fingerprint density at radius 2 is 2.50 bits per heavy atom. The Hall–Kier alpha value is -1.76. The first-order valence-corrected chi connectivity index (χ1v) is 5.79. The zero-order valence-corrected chi connectivity index (χ0v) is 10.0. The van der Waals surface area contributed by atoms with Crippen LogP contribution in [0.3, 0.4) is 0 Å².